The average Bonchev–Trinajstić information content (AvgIpc) is 2.68. The number of carbonyl (C=O) groups is 1. The molecule has 2 rings (SSSR count). The van der Waals surface area contributed by atoms with Crippen LogP contribution in [-0.2, 0) is 16.1 Å². The quantitative estimate of drug-likeness (QED) is 0.631. The Balaban J connectivity index is 1.90. The minimum Gasteiger partial charge on any atom is -0.455 e. The van der Waals surface area contributed by atoms with Crippen LogP contribution in [0.1, 0.15) is 44.8 Å². The van der Waals surface area contributed by atoms with Crippen molar-refractivity contribution in [2.45, 2.75) is 44.1 Å². The minimum absolute atomic E-state index is 0.0575. The number of halogens is 2. The number of alkyl halides is 2. The van der Waals surface area contributed by atoms with Gasteiger partial charge in [0, 0.05) is 12.3 Å². The van der Waals surface area contributed by atoms with Gasteiger partial charge in [0.05, 0.1) is 0 Å². The SMILES string of the molecule is CC(C)c1noc(COC(=O)C2(C)CC2(Cl)Cl)n1. The highest BCUT2D eigenvalue weighted by Gasteiger charge is 2.69. The molecule has 1 aliphatic rings. The molecule has 7 heteroatoms. The summed E-state index contributed by atoms with van der Waals surface area (Å²) in [5, 5.41) is 3.77. The Morgan fingerprint density at radius 2 is 2.17 bits per heavy atom. The fourth-order valence-electron chi connectivity index (χ4n) is 1.47. The highest BCUT2D eigenvalue weighted by Crippen LogP contribution is 2.64. The van der Waals surface area contributed by atoms with Gasteiger partial charge in [0.25, 0.3) is 5.89 Å². The number of carbonyl (C=O) groups excluding carboxylic acids is 1. The van der Waals surface area contributed by atoms with E-state index in [2.05, 4.69) is 10.1 Å². The molecule has 1 aromatic heterocycles. The van der Waals surface area contributed by atoms with Gasteiger partial charge in [-0.05, 0) is 6.92 Å². The largest absolute Gasteiger partial charge is 0.455 e. The van der Waals surface area contributed by atoms with E-state index >= 15 is 0 Å². The normalized spacial score (nSPS) is 25.2. The predicted octanol–water partition coefficient (Wildman–Crippen LogP) is 2.82. The van der Waals surface area contributed by atoms with Gasteiger partial charge < -0.3 is 9.26 Å². The highest BCUT2D eigenvalue weighted by molar-refractivity contribution is 6.53. The van der Waals surface area contributed by atoms with Crippen molar-refractivity contribution in [2.75, 3.05) is 0 Å². The Hall–Kier alpha value is -0.810. The van der Waals surface area contributed by atoms with Crippen LogP contribution >= 0.6 is 23.2 Å². The number of hydrogen-bond acceptors (Lipinski definition) is 5. The van der Waals surface area contributed by atoms with E-state index in [0.29, 0.717) is 12.2 Å². The molecule has 0 N–H and O–H groups in total. The van der Waals surface area contributed by atoms with Gasteiger partial charge in [-0.2, -0.15) is 4.98 Å². The first-order valence-corrected chi connectivity index (χ1v) is 6.39. The summed E-state index contributed by atoms with van der Waals surface area (Å²) in [5.41, 5.74) is -0.836. The van der Waals surface area contributed by atoms with Crippen LogP contribution in [0.3, 0.4) is 0 Å². The molecule has 1 heterocycles. The van der Waals surface area contributed by atoms with E-state index in [4.69, 9.17) is 32.5 Å². The molecule has 1 aromatic rings. The first-order chi connectivity index (χ1) is 8.26. The molecule has 1 fully saturated rings. The van der Waals surface area contributed by atoms with Crippen molar-refractivity contribution in [1.82, 2.24) is 10.1 Å². The second kappa shape index (κ2) is 4.38. The highest BCUT2D eigenvalue weighted by atomic mass is 35.5. The number of hydrogen-bond donors (Lipinski definition) is 0. The van der Waals surface area contributed by atoms with E-state index in [1.54, 1.807) is 6.92 Å². The van der Waals surface area contributed by atoms with Crippen molar-refractivity contribution in [3.8, 4) is 0 Å². The molecule has 0 saturated heterocycles. The van der Waals surface area contributed by atoms with E-state index in [1.807, 2.05) is 13.8 Å². The van der Waals surface area contributed by atoms with Crippen LogP contribution in [0.5, 0.6) is 0 Å². The van der Waals surface area contributed by atoms with Crippen LogP contribution in [0.4, 0.5) is 0 Å². The van der Waals surface area contributed by atoms with Crippen molar-refractivity contribution in [1.29, 1.82) is 0 Å². The molecule has 100 valence electrons. The van der Waals surface area contributed by atoms with Gasteiger partial charge in [0.15, 0.2) is 12.4 Å². The van der Waals surface area contributed by atoms with E-state index in [-0.39, 0.29) is 18.4 Å². The van der Waals surface area contributed by atoms with Gasteiger partial charge in [-0.25, -0.2) is 0 Å². The van der Waals surface area contributed by atoms with Crippen LogP contribution < -0.4 is 0 Å². The lowest BCUT2D eigenvalue weighted by atomic mass is 10.1. The maximum atomic E-state index is 11.8. The summed E-state index contributed by atoms with van der Waals surface area (Å²) in [4.78, 5) is 15.9. The topological polar surface area (TPSA) is 65.2 Å². The zero-order valence-electron chi connectivity index (χ0n) is 10.4. The third-order valence-electron chi connectivity index (χ3n) is 3.04. The van der Waals surface area contributed by atoms with Crippen molar-refractivity contribution in [2.24, 2.45) is 5.41 Å². The van der Waals surface area contributed by atoms with Gasteiger partial charge in [-0.15, -0.1) is 23.2 Å². The molecule has 0 spiro atoms. The second-order valence-corrected chi connectivity index (χ2v) is 6.47. The Labute approximate surface area is 115 Å². The van der Waals surface area contributed by atoms with Crippen LogP contribution in [0.2, 0.25) is 0 Å². The van der Waals surface area contributed by atoms with Crippen molar-refractivity contribution in [3.05, 3.63) is 11.7 Å². The summed E-state index contributed by atoms with van der Waals surface area (Å²) in [7, 11) is 0. The summed E-state index contributed by atoms with van der Waals surface area (Å²) in [6.45, 7) is 5.50. The van der Waals surface area contributed by atoms with Crippen molar-refractivity contribution < 1.29 is 14.1 Å². The third kappa shape index (κ3) is 2.34. The second-order valence-electron chi connectivity index (χ2n) is 4.99. The lowest BCUT2D eigenvalue weighted by molar-refractivity contribution is -0.151. The number of ether oxygens (including phenoxy) is 1. The lowest BCUT2D eigenvalue weighted by Crippen LogP contribution is -2.21. The Morgan fingerprint density at radius 3 is 2.61 bits per heavy atom. The van der Waals surface area contributed by atoms with E-state index in [1.165, 1.54) is 0 Å². The van der Waals surface area contributed by atoms with Gasteiger partial charge >= 0.3 is 5.97 Å². The third-order valence-corrected chi connectivity index (χ3v) is 4.14. The molecular weight excluding hydrogens is 279 g/mol. The maximum Gasteiger partial charge on any atom is 0.315 e. The first kappa shape index (κ1) is 13.6. The number of esters is 1. The molecule has 1 aliphatic carbocycles. The molecule has 0 amide bonds. The monoisotopic (exact) mass is 292 g/mol. The fraction of sp³-hybridized carbons (Fsp3) is 0.727. The van der Waals surface area contributed by atoms with Gasteiger partial charge in [-0.3, -0.25) is 4.79 Å². The summed E-state index contributed by atoms with van der Waals surface area (Å²) in [6.07, 6.45) is 0.392. The Morgan fingerprint density at radius 1 is 1.56 bits per heavy atom. The maximum absolute atomic E-state index is 11.8. The van der Waals surface area contributed by atoms with E-state index < -0.39 is 15.7 Å². The molecule has 0 aromatic carbocycles. The summed E-state index contributed by atoms with van der Waals surface area (Å²) in [6, 6.07) is 0. The zero-order valence-corrected chi connectivity index (χ0v) is 11.9. The van der Waals surface area contributed by atoms with Gasteiger partial charge in [0.1, 0.15) is 9.75 Å². The van der Waals surface area contributed by atoms with Crippen molar-refractivity contribution >= 4 is 29.2 Å². The molecular formula is C11H14Cl2N2O3. The summed E-state index contributed by atoms with van der Waals surface area (Å²) >= 11 is 11.8. The molecule has 1 saturated carbocycles. The zero-order chi connectivity index (χ0) is 13.6. The van der Waals surface area contributed by atoms with E-state index in [0.717, 1.165) is 0 Å². The predicted molar refractivity (Wildman–Crippen MR) is 65.3 cm³/mol. The fourth-order valence-corrected chi connectivity index (χ4v) is 2.16. The molecule has 0 bridgehead atoms. The van der Waals surface area contributed by atoms with Gasteiger partial charge in [-0.1, -0.05) is 19.0 Å². The van der Waals surface area contributed by atoms with Crippen molar-refractivity contribution in [3.63, 3.8) is 0 Å². The number of nitrogens with zero attached hydrogens (tertiary/aromatic N) is 2. The minimum atomic E-state index is -1.03. The lowest BCUT2D eigenvalue weighted by Gasteiger charge is -2.09. The molecule has 18 heavy (non-hydrogen) atoms. The Bertz CT molecular complexity index is 473. The van der Waals surface area contributed by atoms with Crippen LogP contribution in [0, 0.1) is 5.41 Å². The standard InChI is InChI=1S/C11H14Cl2N2O3/c1-6(2)8-14-7(18-15-8)4-17-9(16)10(3)5-11(10,12)13/h6H,4-5H2,1-3H3. The molecule has 5 nitrogen and oxygen atoms in total. The Kier molecular flexibility index (Phi) is 3.32. The first-order valence-electron chi connectivity index (χ1n) is 5.64. The number of rotatable bonds is 4. The molecule has 0 radical (unpaired) electrons. The number of aromatic nitrogens is 2. The summed E-state index contributed by atoms with van der Waals surface area (Å²) in [5.74, 6) is 0.572. The molecule has 0 aliphatic heterocycles. The van der Waals surface area contributed by atoms with Crippen LogP contribution in [0.25, 0.3) is 0 Å². The molecule has 1 unspecified atom stereocenters. The average molecular weight is 293 g/mol. The van der Waals surface area contributed by atoms with Crippen LogP contribution in [-0.4, -0.2) is 20.4 Å². The van der Waals surface area contributed by atoms with E-state index in [9.17, 15) is 4.79 Å². The van der Waals surface area contributed by atoms with Gasteiger partial charge in [0.2, 0.25) is 0 Å². The molecule has 1 atom stereocenters. The smallest absolute Gasteiger partial charge is 0.315 e. The van der Waals surface area contributed by atoms with Crippen LogP contribution in [0.15, 0.2) is 4.52 Å². The summed E-state index contributed by atoms with van der Waals surface area (Å²) < 4.78 is 9.01.